The Labute approximate surface area is 199 Å². The number of benzene rings is 3. The summed E-state index contributed by atoms with van der Waals surface area (Å²) >= 11 is 0. The van der Waals surface area contributed by atoms with Crippen LogP contribution >= 0.6 is 0 Å². The zero-order chi connectivity index (χ0) is 23.9. The highest BCUT2D eigenvalue weighted by atomic mass is 16.5. The summed E-state index contributed by atoms with van der Waals surface area (Å²) in [7, 11) is 0.368. The first-order valence-electron chi connectivity index (χ1n) is 11.4. The lowest BCUT2D eigenvalue weighted by atomic mass is 9.82. The Hall–Kier alpha value is -3.48. The van der Waals surface area contributed by atoms with Crippen LogP contribution in [-0.4, -0.2) is 33.8 Å². The first-order chi connectivity index (χ1) is 16.2. The third-order valence-electron chi connectivity index (χ3n) is 6.53. The van der Waals surface area contributed by atoms with Crippen molar-refractivity contribution in [2.75, 3.05) is 0 Å². The van der Waals surface area contributed by atoms with E-state index < -0.39 is 11.2 Å². The molecule has 0 saturated carbocycles. The highest BCUT2D eigenvalue weighted by molar-refractivity contribution is 6.47. The zero-order valence-electron chi connectivity index (χ0n) is 19.9. The van der Waals surface area contributed by atoms with Gasteiger partial charge in [0.05, 0.1) is 11.2 Å². The molecule has 5 nitrogen and oxygen atoms in total. The molecular weight excluding hydrogens is 423 g/mol. The lowest BCUT2D eigenvalue weighted by molar-refractivity contribution is -0.0893. The molecule has 0 unspecified atom stereocenters. The molecule has 5 rings (SSSR count). The lowest BCUT2D eigenvalue weighted by Gasteiger charge is -2.37. The second-order valence-corrected chi connectivity index (χ2v) is 9.60. The summed E-state index contributed by atoms with van der Waals surface area (Å²) in [6.07, 6.45) is 0. The van der Waals surface area contributed by atoms with Crippen molar-refractivity contribution in [3.05, 3.63) is 78.9 Å². The maximum atomic E-state index is 10.4. The number of nitrogens with zero attached hydrogens (tertiary/aromatic N) is 2. The van der Waals surface area contributed by atoms with Gasteiger partial charge in [-0.2, -0.15) is 0 Å². The van der Waals surface area contributed by atoms with E-state index in [-0.39, 0.29) is 0 Å². The Morgan fingerprint density at radius 1 is 0.824 bits per heavy atom. The van der Waals surface area contributed by atoms with Gasteiger partial charge in [-0.25, -0.2) is 9.97 Å². The van der Waals surface area contributed by atoms with E-state index in [9.17, 15) is 5.11 Å². The van der Waals surface area contributed by atoms with Gasteiger partial charge in [0.25, 0.3) is 0 Å². The molecule has 1 N–H and O–H groups in total. The van der Waals surface area contributed by atoms with Gasteiger partial charge in [0.1, 0.15) is 16.8 Å². The van der Waals surface area contributed by atoms with Gasteiger partial charge < -0.3 is 14.2 Å². The summed E-state index contributed by atoms with van der Waals surface area (Å²) in [5, 5.41) is 11.4. The van der Waals surface area contributed by atoms with Crippen LogP contribution in [0.2, 0.25) is 0 Å². The molecular formula is C28H27BN2O3. The normalized spacial score (nSPS) is 12.4. The standard InChI is InChI=1S/C28H27BN2O3/c1-27(2,32)28(3,4)34-29-20-14-10-13-19(17-20)26-30-23(18-11-6-5-7-12-18)25-24(31-26)21-15-8-9-16-22(21)33-25/h5-17,29,32H,1-4H3. The van der Waals surface area contributed by atoms with Gasteiger partial charge >= 0.3 is 7.48 Å². The Kier molecular flexibility index (Phi) is 5.51. The van der Waals surface area contributed by atoms with Crippen LogP contribution in [0.4, 0.5) is 0 Å². The van der Waals surface area contributed by atoms with E-state index in [1.165, 1.54) is 0 Å². The van der Waals surface area contributed by atoms with E-state index in [0.717, 1.165) is 38.8 Å². The SMILES string of the molecule is CC(C)(O)C(C)(C)OBc1cccc(-c2nc(-c3ccccc3)c3oc4ccccc4c3n2)c1. The van der Waals surface area contributed by atoms with Crippen molar-refractivity contribution in [3.8, 4) is 22.6 Å². The highest BCUT2D eigenvalue weighted by Gasteiger charge is 2.35. The number of furan rings is 1. The van der Waals surface area contributed by atoms with Crippen LogP contribution in [0.15, 0.2) is 83.3 Å². The summed E-state index contributed by atoms with van der Waals surface area (Å²) in [6.45, 7) is 7.30. The van der Waals surface area contributed by atoms with E-state index in [4.69, 9.17) is 19.0 Å². The molecule has 5 aromatic rings. The average molecular weight is 450 g/mol. The fourth-order valence-electron chi connectivity index (χ4n) is 3.75. The van der Waals surface area contributed by atoms with Gasteiger partial charge in [0.15, 0.2) is 11.4 Å². The van der Waals surface area contributed by atoms with Gasteiger partial charge in [-0.1, -0.05) is 72.2 Å². The molecule has 3 aromatic carbocycles. The van der Waals surface area contributed by atoms with Crippen LogP contribution in [0, 0.1) is 0 Å². The molecule has 0 spiro atoms. The van der Waals surface area contributed by atoms with Gasteiger partial charge in [-0.15, -0.1) is 0 Å². The van der Waals surface area contributed by atoms with Crippen LogP contribution in [0.1, 0.15) is 27.7 Å². The summed E-state index contributed by atoms with van der Waals surface area (Å²) in [4.78, 5) is 9.86. The minimum Gasteiger partial charge on any atom is -0.452 e. The first-order valence-corrected chi connectivity index (χ1v) is 11.4. The smallest absolute Gasteiger partial charge is 0.309 e. The van der Waals surface area contributed by atoms with Crippen LogP contribution in [-0.2, 0) is 4.65 Å². The Morgan fingerprint density at radius 2 is 1.53 bits per heavy atom. The van der Waals surface area contributed by atoms with E-state index in [0.29, 0.717) is 18.9 Å². The highest BCUT2D eigenvalue weighted by Crippen LogP contribution is 2.35. The van der Waals surface area contributed by atoms with E-state index in [2.05, 4.69) is 0 Å². The van der Waals surface area contributed by atoms with Crippen molar-refractivity contribution in [1.29, 1.82) is 0 Å². The van der Waals surface area contributed by atoms with Crippen molar-refractivity contribution in [2.45, 2.75) is 38.9 Å². The van der Waals surface area contributed by atoms with E-state index in [1.54, 1.807) is 13.8 Å². The second-order valence-electron chi connectivity index (χ2n) is 9.60. The van der Waals surface area contributed by atoms with Crippen molar-refractivity contribution >= 4 is 35.0 Å². The summed E-state index contributed by atoms with van der Waals surface area (Å²) in [5.74, 6) is 0.626. The Balaban J connectivity index is 1.61. The van der Waals surface area contributed by atoms with E-state index >= 15 is 0 Å². The first kappa shape index (κ1) is 22.3. The molecule has 2 aromatic heterocycles. The molecule has 0 atom stereocenters. The summed E-state index contributed by atoms with van der Waals surface area (Å²) in [5.41, 5.74) is 4.22. The number of aromatic nitrogens is 2. The van der Waals surface area contributed by atoms with Gasteiger partial charge in [0, 0.05) is 16.5 Å². The van der Waals surface area contributed by atoms with Gasteiger partial charge in [-0.3, -0.25) is 0 Å². The van der Waals surface area contributed by atoms with Crippen LogP contribution < -0.4 is 5.46 Å². The monoisotopic (exact) mass is 450 g/mol. The maximum Gasteiger partial charge on any atom is 0.309 e. The maximum absolute atomic E-state index is 10.4. The molecule has 0 aliphatic heterocycles. The molecule has 34 heavy (non-hydrogen) atoms. The molecule has 0 amide bonds. The molecule has 6 heteroatoms. The van der Waals surface area contributed by atoms with Crippen LogP contribution in [0.3, 0.4) is 0 Å². The molecule has 0 aliphatic rings. The Morgan fingerprint density at radius 3 is 2.29 bits per heavy atom. The summed E-state index contributed by atoms with van der Waals surface area (Å²) < 4.78 is 12.3. The lowest BCUT2D eigenvalue weighted by Crippen LogP contribution is -2.49. The van der Waals surface area contributed by atoms with Crippen LogP contribution in [0.25, 0.3) is 44.7 Å². The minimum absolute atomic E-state index is 0.368. The predicted molar refractivity (Wildman–Crippen MR) is 138 cm³/mol. The number of rotatable bonds is 6. The topological polar surface area (TPSA) is 68.4 Å². The van der Waals surface area contributed by atoms with Crippen molar-refractivity contribution < 1.29 is 14.2 Å². The van der Waals surface area contributed by atoms with E-state index in [1.807, 2.05) is 92.7 Å². The van der Waals surface area contributed by atoms with Crippen molar-refractivity contribution in [3.63, 3.8) is 0 Å². The van der Waals surface area contributed by atoms with Crippen LogP contribution in [0.5, 0.6) is 0 Å². The second kappa shape index (κ2) is 8.39. The minimum atomic E-state index is -0.967. The molecule has 0 fully saturated rings. The molecule has 170 valence electrons. The molecule has 0 bridgehead atoms. The molecule has 0 aliphatic carbocycles. The zero-order valence-corrected chi connectivity index (χ0v) is 19.9. The fraction of sp³-hybridized carbons (Fsp3) is 0.214. The average Bonchev–Trinajstić information content (AvgIpc) is 3.21. The number of hydrogen-bond acceptors (Lipinski definition) is 5. The quantitative estimate of drug-likeness (QED) is 0.358. The number of fused-ring (bicyclic) bond motifs is 3. The third kappa shape index (κ3) is 4.11. The summed E-state index contributed by atoms with van der Waals surface area (Å²) in [6, 6.07) is 26.0. The number of hydrogen-bond donors (Lipinski definition) is 1. The molecule has 0 radical (unpaired) electrons. The molecule has 2 heterocycles. The van der Waals surface area contributed by atoms with Crippen molar-refractivity contribution in [2.24, 2.45) is 0 Å². The van der Waals surface area contributed by atoms with Gasteiger partial charge in [0.2, 0.25) is 0 Å². The predicted octanol–water partition coefficient (Wildman–Crippen LogP) is 5.25. The third-order valence-corrected chi connectivity index (χ3v) is 6.53. The largest absolute Gasteiger partial charge is 0.452 e. The molecule has 0 saturated heterocycles. The van der Waals surface area contributed by atoms with Gasteiger partial charge in [-0.05, 0) is 39.8 Å². The fourth-order valence-corrected chi connectivity index (χ4v) is 3.75. The number of aliphatic hydroxyl groups is 1. The Bertz CT molecular complexity index is 1470. The van der Waals surface area contributed by atoms with Crippen molar-refractivity contribution in [1.82, 2.24) is 9.97 Å². The number of para-hydroxylation sites is 1.